The average Bonchev–Trinajstić information content (AvgIpc) is 2.32. The summed E-state index contributed by atoms with van der Waals surface area (Å²) in [6, 6.07) is 5.59. The third kappa shape index (κ3) is 3.72. The minimum absolute atomic E-state index is 0.00528. The molecule has 1 saturated heterocycles. The fourth-order valence-corrected chi connectivity index (χ4v) is 4.58. The molecule has 0 amide bonds. The first-order valence-electron chi connectivity index (χ1n) is 6.55. The van der Waals surface area contributed by atoms with Gasteiger partial charge in [0.15, 0.2) is 0 Å². The van der Waals surface area contributed by atoms with Gasteiger partial charge in [-0.1, -0.05) is 6.07 Å². The van der Waals surface area contributed by atoms with Crippen molar-refractivity contribution in [1.29, 1.82) is 0 Å². The van der Waals surface area contributed by atoms with E-state index in [4.69, 9.17) is 5.73 Å². The molecule has 0 aliphatic carbocycles. The molecule has 1 aliphatic rings. The largest absolute Gasteiger partial charge is 0.398 e. The fourth-order valence-electron chi connectivity index (χ4n) is 2.47. The van der Waals surface area contributed by atoms with Crippen LogP contribution in [0.15, 0.2) is 22.7 Å². The predicted octanol–water partition coefficient (Wildman–Crippen LogP) is 1.54. The minimum Gasteiger partial charge on any atom is -0.398 e. The Hall–Kier alpha value is -0.630. The summed E-state index contributed by atoms with van der Waals surface area (Å²) in [6.45, 7) is 5.03. The molecule has 0 bridgehead atoms. The number of rotatable bonds is 3. The first-order valence-corrected chi connectivity index (χ1v) is 8.96. The Bertz CT molecular complexity index is 581. The zero-order valence-electron chi connectivity index (χ0n) is 11.6. The van der Waals surface area contributed by atoms with Gasteiger partial charge in [-0.25, -0.2) is 8.42 Å². The van der Waals surface area contributed by atoms with E-state index < -0.39 is 10.0 Å². The number of nitrogens with two attached hydrogens (primary N) is 1. The van der Waals surface area contributed by atoms with Gasteiger partial charge in [-0.2, -0.15) is 4.31 Å². The molecule has 1 heterocycles. The maximum atomic E-state index is 12.5. The molecule has 1 aliphatic heterocycles. The lowest BCUT2D eigenvalue weighted by atomic mass is 10.2. The van der Waals surface area contributed by atoms with Crippen molar-refractivity contribution in [3.8, 4) is 0 Å². The van der Waals surface area contributed by atoms with Crippen LogP contribution in [0.5, 0.6) is 0 Å². The van der Waals surface area contributed by atoms with Crippen molar-refractivity contribution in [1.82, 2.24) is 9.62 Å². The lowest BCUT2D eigenvalue weighted by Crippen LogP contribution is -2.55. The molecular weight excluding hydrogens is 342 g/mol. The van der Waals surface area contributed by atoms with E-state index >= 15 is 0 Å². The van der Waals surface area contributed by atoms with Gasteiger partial charge in [0.25, 0.3) is 0 Å². The molecule has 7 heteroatoms. The van der Waals surface area contributed by atoms with Crippen LogP contribution in [-0.4, -0.2) is 37.9 Å². The highest BCUT2D eigenvalue weighted by atomic mass is 79.9. The van der Waals surface area contributed by atoms with Crippen molar-refractivity contribution >= 4 is 31.6 Å². The zero-order valence-corrected chi connectivity index (χ0v) is 14.0. The standard InChI is InChI=1S/C13H20BrN3O2S/c1-9-6-17(7-10(2)16-9)20(18,19)8-11-3-4-13(15)12(14)5-11/h3-5,9-10,16H,6-8,15H2,1-2H3. The summed E-state index contributed by atoms with van der Waals surface area (Å²) < 4.78 is 27.3. The van der Waals surface area contributed by atoms with Crippen molar-refractivity contribution < 1.29 is 8.42 Å². The molecule has 0 radical (unpaired) electrons. The number of benzene rings is 1. The van der Waals surface area contributed by atoms with Gasteiger partial charge in [-0.3, -0.25) is 0 Å². The number of sulfonamides is 1. The van der Waals surface area contributed by atoms with Crippen molar-refractivity contribution in [3.63, 3.8) is 0 Å². The van der Waals surface area contributed by atoms with E-state index in [0.29, 0.717) is 18.8 Å². The Kier molecular flexibility index (Phi) is 4.73. The summed E-state index contributed by atoms with van der Waals surface area (Å²) in [5, 5.41) is 3.33. The van der Waals surface area contributed by atoms with Crippen LogP contribution in [0.3, 0.4) is 0 Å². The van der Waals surface area contributed by atoms with E-state index in [0.717, 1.165) is 10.0 Å². The molecule has 20 heavy (non-hydrogen) atoms. The molecule has 3 N–H and O–H groups in total. The first-order chi connectivity index (χ1) is 9.28. The Balaban J connectivity index is 2.16. The van der Waals surface area contributed by atoms with E-state index in [1.807, 2.05) is 13.8 Å². The molecule has 1 fully saturated rings. The Morgan fingerprint density at radius 2 is 1.95 bits per heavy atom. The highest BCUT2D eigenvalue weighted by Crippen LogP contribution is 2.23. The SMILES string of the molecule is CC1CN(S(=O)(=O)Cc2ccc(N)c(Br)c2)CC(C)N1. The molecule has 5 nitrogen and oxygen atoms in total. The van der Waals surface area contributed by atoms with E-state index in [1.165, 1.54) is 0 Å². The molecule has 1 aromatic rings. The number of nitrogens with zero attached hydrogens (tertiary/aromatic N) is 1. The van der Waals surface area contributed by atoms with Crippen molar-refractivity contribution in [2.45, 2.75) is 31.7 Å². The third-order valence-corrected chi connectivity index (χ3v) is 5.80. The van der Waals surface area contributed by atoms with Gasteiger partial charge in [0.1, 0.15) is 0 Å². The maximum Gasteiger partial charge on any atom is 0.218 e. The van der Waals surface area contributed by atoms with E-state index in [2.05, 4.69) is 21.2 Å². The number of hydrogen-bond acceptors (Lipinski definition) is 4. The summed E-state index contributed by atoms with van der Waals surface area (Å²) in [7, 11) is -3.30. The first kappa shape index (κ1) is 15.8. The summed E-state index contributed by atoms with van der Waals surface area (Å²) >= 11 is 3.33. The van der Waals surface area contributed by atoms with Crippen LogP contribution in [0.2, 0.25) is 0 Å². The second-order valence-corrected chi connectivity index (χ2v) is 8.22. The quantitative estimate of drug-likeness (QED) is 0.800. The Labute approximate surface area is 128 Å². The van der Waals surface area contributed by atoms with Gasteiger partial charge in [0, 0.05) is 35.3 Å². The Morgan fingerprint density at radius 1 is 1.35 bits per heavy atom. The highest BCUT2D eigenvalue weighted by Gasteiger charge is 2.30. The summed E-state index contributed by atoms with van der Waals surface area (Å²) in [5.74, 6) is 0.00528. The van der Waals surface area contributed by atoms with Crippen LogP contribution < -0.4 is 11.1 Å². The number of piperazine rings is 1. The smallest absolute Gasteiger partial charge is 0.218 e. The van der Waals surface area contributed by atoms with Crippen LogP contribution >= 0.6 is 15.9 Å². The van der Waals surface area contributed by atoms with Crippen molar-refractivity contribution in [2.75, 3.05) is 18.8 Å². The average molecular weight is 362 g/mol. The van der Waals surface area contributed by atoms with Gasteiger partial charge in [-0.05, 0) is 47.5 Å². The lowest BCUT2D eigenvalue weighted by molar-refractivity contribution is 0.262. The minimum atomic E-state index is -3.30. The molecular formula is C13H20BrN3O2S. The van der Waals surface area contributed by atoms with Crippen LogP contribution in [-0.2, 0) is 15.8 Å². The second kappa shape index (κ2) is 6.01. The molecule has 2 unspecified atom stereocenters. The van der Waals surface area contributed by atoms with Crippen LogP contribution in [0.25, 0.3) is 0 Å². The van der Waals surface area contributed by atoms with Gasteiger partial charge in [-0.15, -0.1) is 0 Å². The third-order valence-electron chi connectivity index (χ3n) is 3.33. The van der Waals surface area contributed by atoms with Gasteiger partial charge in [0.05, 0.1) is 5.75 Å². The summed E-state index contributed by atoms with van der Waals surface area (Å²) in [6.07, 6.45) is 0. The zero-order chi connectivity index (χ0) is 14.9. The lowest BCUT2D eigenvalue weighted by Gasteiger charge is -2.35. The number of anilines is 1. The van der Waals surface area contributed by atoms with Crippen molar-refractivity contribution in [2.24, 2.45) is 0 Å². The molecule has 0 spiro atoms. The van der Waals surface area contributed by atoms with Gasteiger partial charge in [0.2, 0.25) is 10.0 Å². The molecule has 2 rings (SSSR count). The second-order valence-electron chi connectivity index (χ2n) is 5.40. The number of nitrogen functional groups attached to an aromatic ring is 1. The van der Waals surface area contributed by atoms with Gasteiger partial charge < -0.3 is 11.1 Å². The number of nitrogens with one attached hydrogen (secondary N) is 1. The summed E-state index contributed by atoms with van der Waals surface area (Å²) in [5.41, 5.74) is 7.06. The van der Waals surface area contributed by atoms with Crippen molar-refractivity contribution in [3.05, 3.63) is 28.2 Å². The maximum absolute atomic E-state index is 12.5. The van der Waals surface area contributed by atoms with E-state index in [9.17, 15) is 8.42 Å². The van der Waals surface area contributed by atoms with E-state index in [-0.39, 0.29) is 17.8 Å². The molecule has 1 aromatic carbocycles. The van der Waals surface area contributed by atoms with Crippen LogP contribution in [0.4, 0.5) is 5.69 Å². The highest BCUT2D eigenvalue weighted by molar-refractivity contribution is 9.10. The molecule has 112 valence electrons. The molecule has 0 aromatic heterocycles. The van der Waals surface area contributed by atoms with Crippen LogP contribution in [0.1, 0.15) is 19.4 Å². The Morgan fingerprint density at radius 3 is 2.50 bits per heavy atom. The van der Waals surface area contributed by atoms with Gasteiger partial charge >= 0.3 is 0 Å². The van der Waals surface area contributed by atoms with E-state index in [1.54, 1.807) is 22.5 Å². The number of halogens is 1. The topological polar surface area (TPSA) is 75.4 Å². The summed E-state index contributed by atoms with van der Waals surface area (Å²) in [4.78, 5) is 0. The molecule has 2 atom stereocenters. The fraction of sp³-hybridized carbons (Fsp3) is 0.538. The number of hydrogen-bond donors (Lipinski definition) is 2. The molecule has 0 saturated carbocycles. The monoisotopic (exact) mass is 361 g/mol. The normalized spacial score (nSPS) is 24.8. The van der Waals surface area contributed by atoms with Crippen LogP contribution in [0, 0.1) is 0 Å². The predicted molar refractivity (Wildman–Crippen MR) is 84.8 cm³/mol.